The molecule has 30 heavy (non-hydrogen) atoms. The minimum absolute atomic E-state index is 0.0552. The number of amides is 1. The molecule has 1 amide bonds. The molecule has 1 N–H and O–H groups in total. The third-order valence-corrected chi connectivity index (χ3v) is 5.32. The number of rotatable bonds is 5. The van der Waals surface area contributed by atoms with E-state index in [4.69, 9.17) is 9.15 Å². The zero-order valence-corrected chi connectivity index (χ0v) is 16.3. The van der Waals surface area contributed by atoms with Gasteiger partial charge in [-0.3, -0.25) is 14.9 Å². The van der Waals surface area contributed by atoms with E-state index < -0.39 is 17.0 Å². The molecule has 2 aromatic carbocycles. The summed E-state index contributed by atoms with van der Waals surface area (Å²) in [7, 11) is 0. The number of nitrogens with zero attached hydrogens (tertiary/aromatic N) is 3. The Balaban J connectivity index is 1.46. The number of nitro groups is 1. The number of non-ortho nitro benzene ring substituents is 1. The van der Waals surface area contributed by atoms with Crippen molar-refractivity contribution >= 4 is 35.0 Å². The Morgan fingerprint density at radius 2 is 2.03 bits per heavy atom. The van der Waals surface area contributed by atoms with Crippen LogP contribution < -0.4 is 5.32 Å². The number of fused-ring (bicyclic) bond motifs is 1. The maximum atomic E-state index is 12.5. The van der Waals surface area contributed by atoms with Crippen LogP contribution in [0.15, 0.2) is 51.8 Å². The molecule has 10 nitrogen and oxygen atoms in total. The van der Waals surface area contributed by atoms with Crippen molar-refractivity contribution < 1.29 is 23.7 Å². The second-order valence-electron chi connectivity index (χ2n) is 6.34. The third kappa shape index (κ3) is 4.01. The Morgan fingerprint density at radius 3 is 2.77 bits per heavy atom. The Bertz CT molecular complexity index is 1140. The number of ether oxygens (including phenoxy) is 1. The molecule has 4 rings (SSSR count). The highest BCUT2D eigenvalue weighted by Crippen LogP contribution is 2.32. The first-order chi connectivity index (χ1) is 14.4. The molecule has 1 unspecified atom stereocenters. The van der Waals surface area contributed by atoms with Crippen LogP contribution in [0.3, 0.4) is 0 Å². The zero-order valence-electron chi connectivity index (χ0n) is 15.5. The second kappa shape index (κ2) is 7.95. The normalized spacial score (nSPS) is 13.8. The van der Waals surface area contributed by atoms with Gasteiger partial charge in [0.1, 0.15) is 0 Å². The van der Waals surface area contributed by atoms with Crippen LogP contribution in [-0.4, -0.2) is 32.8 Å². The summed E-state index contributed by atoms with van der Waals surface area (Å²) in [6.07, 6.45) is -0.822. The Labute approximate surface area is 173 Å². The predicted octanol–water partition coefficient (Wildman–Crippen LogP) is 3.61. The highest BCUT2D eigenvalue weighted by atomic mass is 32.2. The smallest absolute Gasteiger partial charge is 0.338 e. The fourth-order valence-corrected chi connectivity index (χ4v) is 3.52. The number of nitro benzene ring substituents is 1. The van der Waals surface area contributed by atoms with Crippen molar-refractivity contribution in [3.8, 4) is 11.5 Å². The molecule has 1 aliphatic rings. The predicted molar refractivity (Wildman–Crippen MR) is 106 cm³/mol. The monoisotopic (exact) mass is 426 g/mol. The van der Waals surface area contributed by atoms with Crippen LogP contribution in [0.1, 0.15) is 29.3 Å². The first kappa shape index (κ1) is 19.6. The van der Waals surface area contributed by atoms with Crippen LogP contribution in [0.25, 0.3) is 11.5 Å². The van der Waals surface area contributed by atoms with E-state index in [1.807, 2.05) is 0 Å². The van der Waals surface area contributed by atoms with Crippen LogP contribution >= 0.6 is 11.8 Å². The Morgan fingerprint density at radius 1 is 1.27 bits per heavy atom. The van der Waals surface area contributed by atoms with Gasteiger partial charge in [0, 0.05) is 22.6 Å². The molecule has 0 spiro atoms. The fourth-order valence-electron chi connectivity index (χ4n) is 2.73. The van der Waals surface area contributed by atoms with Crippen molar-refractivity contribution in [2.75, 3.05) is 11.1 Å². The molecule has 1 aliphatic heterocycles. The number of carbonyl (C=O) groups excluding carboxylic acids is 2. The van der Waals surface area contributed by atoms with E-state index in [2.05, 4.69) is 15.5 Å². The minimum atomic E-state index is -0.822. The van der Waals surface area contributed by atoms with Crippen molar-refractivity contribution in [3.05, 3.63) is 64.0 Å². The summed E-state index contributed by atoms with van der Waals surface area (Å²) in [6.45, 7) is 1.58. The van der Waals surface area contributed by atoms with E-state index in [0.717, 1.165) is 4.90 Å². The molecule has 0 bridgehead atoms. The second-order valence-corrected chi connectivity index (χ2v) is 7.36. The number of hydrogen-bond donors (Lipinski definition) is 1. The largest absolute Gasteiger partial charge is 0.449 e. The summed E-state index contributed by atoms with van der Waals surface area (Å²) in [5.41, 5.74) is 1.29. The van der Waals surface area contributed by atoms with Crippen LogP contribution in [0, 0.1) is 10.1 Å². The summed E-state index contributed by atoms with van der Waals surface area (Å²) in [4.78, 5) is 35.1. The number of thioether (sulfide) groups is 1. The molecular formula is C19H14N4O6S. The van der Waals surface area contributed by atoms with E-state index in [1.165, 1.54) is 36.0 Å². The van der Waals surface area contributed by atoms with E-state index in [1.54, 1.807) is 25.1 Å². The highest BCUT2D eigenvalue weighted by Gasteiger charge is 2.22. The van der Waals surface area contributed by atoms with Crippen molar-refractivity contribution in [1.29, 1.82) is 0 Å². The average molecular weight is 426 g/mol. The lowest BCUT2D eigenvalue weighted by Gasteiger charge is -2.17. The third-order valence-electron chi connectivity index (χ3n) is 4.25. The van der Waals surface area contributed by atoms with Crippen LogP contribution in [-0.2, 0) is 9.53 Å². The zero-order chi connectivity index (χ0) is 21.3. The van der Waals surface area contributed by atoms with Crippen LogP contribution in [0.2, 0.25) is 0 Å². The molecule has 11 heteroatoms. The summed E-state index contributed by atoms with van der Waals surface area (Å²) in [5, 5.41) is 21.3. The van der Waals surface area contributed by atoms with E-state index in [-0.39, 0.29) is 28.9 Å². The molecule has 0 fully saturated rings. The standard InChI is InChI=1S/C19H14N4O6S/c1-10(17-21-22-18(29-17)11-2-5-13(6-3-11)23(26)27)28-19(25)12-4-7-15-14(8-12)20-16(24)9-30-15/h2-8,10H,9H2,1H3,(H,20,24). The van der Waals surface area contributed by atoms with Crippen LogP contribution in [0.5, 0.6) is 0 Å². The van der Waals surface area contributed by atoms with Gasteiger partial charge in [-0.25, -0.2) is 4.79 Å². The average Bonchev–Trinajstić information content (AvgIpc) is 3.23. The highest BCUT2D eigenvalue weighted by molar-refractivity contribution is 8.00. The van der Waals surface area contributed by atoms with E-state index in [0.29, 0.717) is 17.0 Å². The fraction of sp³-hybridized carbons (Fsp3) is 0.158. The number of anilines is 1. The first-order valence-electron chi connectivity index (χ1n) is 8.76. The van der Waals surface area contributed by atoms with Gasteiger partial charge in [-0.1, -0.05) is 0 Å². The quantitative estimate of drug-likeness (QED) is 0.368. The lowest BCUT2D eigenvalue weighted by molar-refractivity contribution is -0.384. The van der Waals surface area contributed by atoms with Crippen molar-refractivity contribution in [2.24, 2.45) is 0 Å². The summed E-state index contributed by atoms with van der Waals surface area (Å²) < 4.78 is 10.9. The van der Waals surface area contributed by atoms with Crippen molar-refractivity contribution in [3.63, 3.8) is 0 Å². The first-order valence-corrected chi connectivity index (χ1v) is 9.75. The van der Waals surface area contributed by atoms with Crippen LogP contribution in [0.4, 0.5) is 11.4 Å². The van der Waals surface area contributed by atoms with Gasteiger partial charge in [-0.2, -0.15) is 0 Å². The molecular weight excluding hydrogens is 412 g/mol. The van der Waals surface area contributed by atoms with Gasteiger partial charge in [0.2, 0.25) is 11.8 Å². The number of hydrogen-bond acceptors (Lipinski definition) is 9. The number of aromatic nitrogens is 2. The summed E-state index contributed by atoms with van der Waals surface area (Å²) in [6, 6.07) is 10.6. The van der Waals surface area contributed by atoms with Crippen molar-refractivity contribution in [1.82, 2.24) is 10.2 Å². The molecule has 2 heterocycles. The number of nitrogens with one attached hydrogen (secondary N) is 1. The Hall–Kier alpha value is -3.73. The molecule has 1 atom stereocenters. The molecule has 1 aromatic heterocycles. The summed E-state index contributed by atoms with van der Waals surface area (Å²) in [5.74, 6) is -0.168. The molecule has 0 saturated heterocycles. The molecule has 0 aliphatic carbocycles. The van der Waals surface area contributed by atoms with Gasteiger partial charge >= 0.3 is 5.97 Å². The maximum Gasteiger partial charge on any atom is 0.338 e. The van der Waals surface area contributed by atoms with Gasteiger partial charge < -0.3 is 14.5 Å². The van der Waals surface area contributed by atoms with E-state index in [9.17, 15) is 19.7 Å². The topological polar surface area (TPSA) is 137 Å². The lowest BCUT2D eigenvalue weighted by atomic mass is 10.2. The number of carbonyl (C=O) groups is 2. The number of esters is 1. The lowest BCUT2D eigenvalue weighted by Crippen LogP contribution is -2.19. The van der Waals surface area contributed by atoms with Crippen molar-refractivity contribution in [2.45, 2.75) is 17.9 Å². The maximum absolute atomic E-state index is 12.5. The van der Waals surface area contributed by atoms with Gasteiger partial charge in [-0.05, 0) is 37.3 Å². The van der Waals surface area contributed by atoms with Gasteiger partial charge in [0.25, 0.3) is 11.6 Å². The molecule has 0 radical (unpaired) electrons. The van der Waals surface area contributed by atoms with Gasteiger partial charge in [0.15, 0.2) is 6.10 Å². The molecule has 152 valence electrons. The van der Waals surface area contributed by atoms with E-state index >= 15 is 0 Å². The minimum Gasteiger partial charge on any atom is -0.449 e. The Kier molecular flexibility index (Phi) is 5.19. The number of benzene rings is 2. The SMILES string of the molecule is CC(OC(=O)c1ccc2c(c1)NC(=O)CS2)c1nnc(-c2ccc([N+](=O)[O-])cc2)o1. The van der Waals surface area contributed by atoms with Gasteiger partial charge in [-0.15, -0.1) is 22.0 Å². The molecule has 0 saturated carbocycles. The molecule has 3 aromatic rings. The summed E-state index contributed by atoms with van der Waals surface area (Å²) >= 11 is 1.40. The van der Waals surface area contributed by atoms with Gasteiger partial charge in [0.05, 0.1) is 21.9 Å².